The van der Waals surface area contributed by atoms with Gasteiger partial charge in [-0.1, -0.05) is 53.2 Å². The standard InChI is InChI=1S/C35H56O4/c1-22(2)25-11-10-16-35(21-38-23(3)36)20-19-33(8)26(30(25)35)12-13-28-32(7)17-15-29(39-24(4)37)31(5,6)27(32)14-18-34(28,33)9/h25-30H,1,10-21H2,2-9H3. The van der Waals surface area contributed by atoms with E-state index in [1.165, 1.54) is 63.4 Å². The smallest absolute Gasteiger partial charge is 0.302 e. The molecule has 10 atom stereocenters. The maximum absolute atomic E-state index is 12.0. The number of carbonyl (C=O) groups excluding carboxylic acids is 2. The lowest BCUT2D eigenvalue weighted by molar-refractivity contribution is -0.259. The lowest BCUT2D eigenvalue weighted by Crippen LogP contribution is -2.68. The zero-order valence-electron chi connectivity index (χ0n) is 26.3. The van der Waals surface area contributed by atoms with Crippen LogP contribution in [0.15, 0.2) is 12.2 Å². The summed E-state index contributed by atoms with van der Waals surface area (Å²) in [6.45, 7) is 23.2. The predicted molar refractivity (Wildman–Crippen MR) is 156 cm³/mol. The summed E-state index contributed by atoms with van der Waals surface area (Å²) < 4.78 is 11.8. The Morgan fingerprint density at radius 1 is 0.769 bits per heavy atom. The van der Waals surface area contributed by atoms with Crippen LogP contribution in [0.4, 0.5) is 0 Å². The summed E-state index contributed by atoms with van der Waals surface area (Å²) in [7, 11) is 0. The first kappa shape index (κ1) is 29.2. The molecule has 0 aliphatic heterocycles. The molecule has 0 aromatic rings. The van der Waals surface area contributed by atoms with Gasteiger partial charge in [0, 0.05) is 24.7 Å². The fourth-order valence-corrected chi connectivity index (χ4v) is 12.4. The van der Waals surface area contributed by atoms with E-state index in [2.05, 4.69) is 48.1 Å². The number of allylic oxidation sites excluding steroid dienone is 1. The summed E-state index contributed by atoms with van der Waals surface area (Å²) in [5, 5.41) is 0. The van der Waals surface area contributed by atoms with Crippen LogP contribution in [-0.2, 0) is 19.1 Å². The molecule has 0 N–H and O–H groups in total. The Morgan fingerprint density at radius 2 is 1.49 bits per heavy atom. The SMILES string of the molecule is C=C(C)C1CCCC2(COC(C)=O)CCC3(C)C(CCC4C5(C)CCC(OC(C)=O)C(C)(C)C5CCC43C)C12. The number of fused-ring (bicyclic) bond motifs is 7. The lowest BCUT2D eigenvalue weighted by atomic mass is 9.31. The Hall–Kier alpha value is -1.32. The Kier molecular flexibility index (Phi) is 7.20. The van der Waals surface area contributed by atoms with Crippen LogP contribution >= 0.6 is 0 Å². The van der Waals surface area contributed by atoms with Gasteiger partial charge in [-0.25, -0.2) is 0 Å². The average molecular weight is 541 g/mol. The molecule has 5 aliphatic rings. The average Bonchev–Trinajstić information content (AvgIpc) is 2.84. The van der Waals surface area contributed by atoms with Crippen LogP contribution < -0.4 is 0 Å². The fraction of sp³-hybridized carbons (Fsp3) is 0.886. The summed E-state index contributed by atoms with van der Waals surface area (Å²) >= 11 is 0. The third-order valence-corrected chi connectivity index (χ3v) is 14.3. The summed E-state index contributed by atoms with van der Waals surface area (Å²) in [5.74, 6) is 2.73. The number of esters is 2. The lowest BCUT2D eigenvalue weighted by Gasteiger charge is -2.74. The molecule has 0 aromatic heterocycles. The van der Waals surface area contributed by atoms with Crippen molar-refractivity contribution in [2.24, 2.45) is 56.7 Å². The van der Waals surface area contributed by atoms with Crippen molar-refractivity contribution in [2.45, 2.75) is 132 Å². The quantitative estimate of drug-likeness (QED) is 0.265. The van der Waals surface area contributed by atoms with Crippen molar-refractivity contribution in [3.05, 3.63) is 12.2 Å². The van der Waals surface area contributed by atoms with E-state index in [0.717, 1.165) is 12.8 Å². The molecule has 5 saturated carbocycles. The van der Waals surface area contributed by atoms with Crippen LogP contribution in [-0.4, -0.2) is 24.6 Å². The number of carbonyl (C=O) groups is 2. The highest BCUT2D eigenvalue weighted by molar-refractivity contribution is 5.66. The van der Waals surface area contributed by atoms with Crippen LogP contribution in [0.25, 0.3) is 0 Å². The molecule has 4 nitrogen and oxygen atoms in total. The molecule has 0 bridgehead atoms. The number of hydrogen-bond donors (Lipinski definition) is 0. The van der Waals surface area contributed by atoms with E-state index >= 15 is 0 Å². The molecule has 0 radical (unpaired) electrons. The van der Waals surface area contributed by atoms with Gasteiger partial charge in [0.05, 0.1) is 6.61 Å². The zero-order valence-corrected chi connectivity index (χ0v) is 26.3. The summed E-state index contributed by atoms with van der Waals surface area (Å²) in [4.78, 5) is 24.0. The minimum Gasteiger partial charge on any atom is -0.465 e. The van der Waals surface area contributed by atoms with Crippen molar-refractivity contribution in [1.82, 2.24) is 0 Å². The van der Waals surface area contributed by atoms with Gasteiger partial charge in [0.25, 0.3) is 0 Å². The van der Waals surface area contributed by atoms with Crippen molar-refractivity contribution in [3.63, 3.8) is 0 Å². The Bertz CT molecular complexity index is 1010. The monoisotopic (exact) mass is 540 g/mol. The van der Waals surface area contributed by atoms with E-state index in [0.29, 0.717) is 36.2 Å². The molecule has 0 amide bonds. The van der Waals surface area contributed by atoms with Gasteiger partial charge in [-0.2, -0.15) is 0 Å². The highest BCUT2D eigenvalue weighted by Gasteiger charge is 2.70. The Morgan fingerprint density at radius 3 is 2.13 bits per heavy atom. The van der Waals surface area contributed by atoms with Crippen LogP contribution in [0.5, 0.6) is 0 Å². The van der Waals surface area contributed by atoms with Gasteiger partial charge < -0.3 is 9.47 Å². The zero-order chi connectivity index (χ0) is 28.6. The van der Waals surface area contributed by atoms with E-state index in [-0.39, 0.29) is 45.1 Å². The van der Waals surface area contributed by atoms with Gasteiger partial charge in [-0.15, -0.1) is 0 Å². The van der Waals surface area contributed by atoms with Crippen LogP contribution in [0.1, 0.15) is 126 Å². The highest BCUT2D eigenvalue weighted by atomic mass is 16.5. The molecular weight excluding hydrogens is 484 g/mol. The molecule has 39 heavy (non-hydrogen) atoms. The van der Waals surface area contributed by atoms with Crippen molar-refractivity contribution in [1.29, 1.82) is 0 Å². The first-order chi connectivity index (χ1) is 18.1. The van der Waals surface area contributed by atoms with E-state index in [9.17, 15) is 9.59 Å². The normalized spacial score (nSPS) is 48.4. The maximum atomic E-state index is 12.0. The number of ether oxygens (including phenoxy) is 2. The summed E-state index contributed by atoms with van der Waals surface area (Å²) in [6.07, 6.45) is 13.3. The minimum atomic E-state index is -0.136. The Balaban J connectivity index is 1.51. The third kappa shape index (κ3) is 4.18. The molecule has 5 aliphatic carbocycles. The molecule has 10 unspecified atom stereocenters. The maximum Gasteiger partial charge on any atom is 0.302 e. The minimum absolute atomic E-state index is 0.00207. The van der Waals surface area contributed by atoms with Crippen molar-refractivity contribution in [2.75, 3.05) is 6.61 Å². The van der Waals surface area contributed by atoms with Gasteiger partial charge >= 0.3 is 11.9 Å². The van der Waals surface area contributed by atoms with Crippen molar-refractivity contribution in [3.8, 4) is 0 Å². The molecule has 5 rings (SSSR count). The third-order valence-electron chi connectivity index (χ3n) is 14.3. The molecule has 0 heterocycles. The second-order valence-electron chi connectivity index (χ2n) is 16.1. The second-order valence-corrected chi connectivity index (χ2v) is 16.1. The second kappa shape index (κ2) is 9.62. The number of rotatable bonds is 4. The predicted octanol–water partition coefficient (Wildman–Crippen LogP) is 8.53. The van der Waals surface area contributed by atoms with Crippen LogP contribution in [0, 0.1) is 56.7 Å². The summed E-state index contributed by atoms with van der Waals surface area (Å²) in [5.41, 5.74) is 2.27. The molecule has 220 valence electrons. The van der Waals surface area contributed by atoms with E-state index in [1.807, 2.05) is 0 Å². The molecule has 0 spiro atoms. The number of hydrogen-bond acceptors (Lipinski definition) is 4. The van der Waals surface area contributed by atoms with E-state index in [1.54, 1.807) is 13.8 Å². The molecule has 5 fully saturated rings. The van der Waals surface area contributed by atoms with Crippen molar-refractivity contribution >= 4 is 11.9 Å². The molecule has 0 aromatic carbocycles. The highest BCUT2D eigenvalue weighted by Crippen LogP contribution is 2.77. The molecule has 4 heteroatoms. The van der Waals surface area contributed by atoms with Gasteiger partial charge in [0.15, 0.2) is 0 Å². The first-order valence-corrected chi connectivity index (χ1v) is 16.1. The molecular formula is C35H56O4. The van der Waals surface area contributed by atoms with E-state index in [4.69, 9.17) is 9.47 Å². The fourth-order valence-electron chi connectivity index (χ4n) is 12.4. The largest absolute Gasteiger partial charge is 0.465 e. The molecule has 0 saturated heterocycles. The van der Waals surface area contributed by atoms with Gasteiger partial charge in [0.1, 0.15) is 6.10 Å². The van der Waals surface area contributed by atoms with Crippen LogP contribution in [0.3, 0.4) is 0 Å². The Labute approximate surface area is 238 Å². The van der Waals surface area contributed by atoms with E-state index < -0.39 is 0 Å². The topological polar surface area (TPSA) is 52.6 Å². The van der Waals surface area contributed by atoms with Crippen LogP contribution in [0.2, 0.25) is 0 Å². The van der Waals surface area contributed by atoms with Gasteiger partial charge in [0.2, 0.25) is 0 Å². The first-order valence-electron chi connectivity index (χ1n) is 16.1. The van der Waals surface area contributed by atoms with Gasteiger partial charge in [-0.05, 0) is 117 Å². The van der Waals surface area contributed by atoms with Gasteiger partial charge in [-0.3, -0.25) is 9.59 Å². The van der Waals surface area contributed by atoms with Crippen molar-refractivity contribution < 1.29 is 19.1 Å². The summed E-state index contributed by atoms with van der Waals surface area (Å²) in [6, 6.07) is 0.